The third kappa shape index (κ3) is 1.63. The number of ketones is 1. The van der Waals surface area contributed by atoms with E-state index in [0.29, 0.717) is 22.7 Å². The van der Waals surface area contributed by atoms with Gasteiger partial charge in [0.25, 0.3) is 0 Å². The molecule has 0 aromatic rings. The number of carbonyl (C=O) groups excluding carboxylic acids is 1. The number of rotatable bonds is 0. The monoisotopic (exact) mass is 273 g/mol. The summed E-state index contributed by atoms with van der Waals surface area (Å²) in [4.78, 5) is 11.8. The van der Waals surface area contributed by atoms with Gasteiger partial charge in [-0.05, 0) is 80.7 Å². The second-order valence-corrected chi connectivity index (χ2v) is 8.19. The molecule has 0 radical (unpaired) electrons. The zero-order chi connectivity index (χ0) is 14.0. The van der Waals surface area contributed by atoms with E-state index in [2.05, 4.69) is 25.2 Å². The van der Waals surface area contributed by atoms with E-state index in [4.69, 9.17) is 0 Å². The van der Waals surface area contributed by atoms with Crippen LogP contribution in [0.1, 0.15) is 52.4 Å². The minimum Gasteiger partial charge on any atom is -0.311 e. The highest BCUT2D eigenvalue weighted by Crippen LogP contribution is 2.60. The first kappa shape index (κ1) is 13.1. The Kier molecular flexibility index (Phi) is 2.74. The molecule has 4 aliphatic rings. The van der Waals surface area contributed by atoms with E-state index in [1.54, 1.807) is 0 Å². The summed E-state index contributed by atoms with van der Waals surface area (Å²) in [6.07, 6.45) is 11.6. The summed E-state index contributed by atoms with van der Waals surface area (Å²) < 4.78 is 0. The predicted molar refractivity (Wildman–Crippen MR) is 80.3 cm³/mol. The fourth-order valence-electron chi connectivity index (χ4n) is 6.22. The van der Waals surface area contributed by atoms with Gasteiger partial charge in [-0.25, -0.2) is 0 Å². The quantitative estimate of drug-likeness (QED) is 0.733. The van der Waals surface area contributed by atoms with Crippen molar-refractivity contribution in [1.29, 1.82) is 0 Å². The van der Waals surface area contributed by atoms with Gasteiger partial charge in [-0.2, -0.15) is 0 Å². The van der Waals surface area contributed by atoms with Crippen LogP contribution in [0.3, 0.4) is 0 Å². The number of allylic oxidation sites excluding steroid dienone is 2. The molecule has 0 amide bonds. The molecule has 0 bridgehead atoms. The highest BCUT2D eigenvalue weighted by Gasteiger charge is 2.56. The van der Waals surface area contributed by atoms with E-state index >= 15 is 0 Å². The molecule has 0 aromatic carbocycles. The van der Waals surface area contributed by atoms with E-state index in [1.807, 2.05) is 6.08 Å². The normalized spacial score (nSPS) is 54.2. The summed E-state index contributed by atoms with van der Waals surface area (Å²) in [7, 11) is 0. The van der Waals surface area contributed by atoms with Crippen LogP contribution >= 0.6 is 0 Å². The molecule has 2 heteroatoms. The van der Waals surface area contributed by atoms with Crippen molar-refractivity contribution in [1.82, 2.24) is 5.32 Å². The average molecular weight is 273 g/mol. The number of hydrogen-bond donors (Lipinski definition) is 1. The topological polar surface area (TPSA) is 29.1 Å². The van der Waals surface area contributed by atoms with Gasteiger partial charge < -0.3 is 5.32 Å². The van der Waals surface area contributed by atoms with Crippen molar-refractivity contribution < 1.29 is 4.79 Å². The van der Waals surface area contributed by atoms with Gasteiger partial charge in [0.1, 0.15) is 0 Å². The smallest absolute Gasteiger partial charge is 0.155 e. The average Bonchev–Trinajstić information content (AvgIpc) is 2.81. The number of hydrogen-bond acceptors (Lipinski definition) is 2. The van der Waals surface area contributed by atoms with Crippen molar-refractivity contribution >= 4 is 5.78 Å². The Morgan fingerprint density at radius 1 is 1.15 bits per heavy atom. The zero-order valence-electron chi connectivity index (χ0n) is 12.8. The van der Waals surface area contributed by atoms with Crippen molar-refractivity contribution in [2.24, 2.45) is 29.1 Å². The highest BCUT2D eigenvalue weighted by atomic mass is 16.1. The molecule has 1 aliphatic heterocycles. The maximum absolute atomic E-state index is 11.8. The summed E-state index contributed by atoms with van der Waals surface area (Å²) >= 11 is 0. The lowest BCUT2D eigenvalue weighted by Crippen LogP contribution is -2.56. The Hall–Kier alpha value is -0.630. The van der Waals surface area contributed by atoms with Gasteiger partial charge in [-0.3, -0.25) is 4.79 Å². The maximum atomic E-state index is 11.8. The molecule has 6 atom stereocenters. The van der Waals surface area contributed by atoms with Gasteiger partial charge in [0.15, 0.2) is 5.78 Å². The van der Waals surface area contributed by atoms with Gasteiger partial charge in [-0.15, -0.1) is 0 Å². The SMILES string of the molecule is C[C@]12C=CC(=O)CC1CC[C@@H]1[C@H]2CC[C@]2(C)NCC[C@@H]12. The van der Waals surface area contributed by atoms with Crippen molar-refractivity contribution in [3.05, 3.63) is 12.2 Å². The van der Waals surface area contributed by atoms with Gasteiger partial charge in [0, 0.05) is 12.0 Å². The van der Waals surface area contributed by atoms with E-state index in [1.165, 1.54) is 38.6 Å². The lowest BCUT2D eigenvalue weighted by molar-refractivity contribution is -0.120. The van der Waals surface area contributed by atoms with E-state index in [0.717, 1.165) is 24.2 Å². The minimum absolute atomic E-state index is 0.292. The largest absolute Gasteiger partial charge is 0.311 e. The molecular weight excluding hydrogens is 246 g/mol. The predicted octanol–water partition coefficient (Wildman–Crippen LogP) is 3.33. The first-order chi connectivity index (χ1) is 9.53. The van der Waals surface area contributed by atoms with Crippen LogP contribution in [0, 0.1) is 29.1 Å². The molecule has 1 heterocycles. The van der Waals surface area contributed by atoms with Crippen LogP contribution in [0.25, 0.3) is 0 Å². The molecule has 110 valence electrons. The van der Waals surface area contributed by atoms with Crippen LogP contribution in [0.15, 0.2) is 12.2 Å². The van der Waals surface area contributed by atoms with Crippen LogP contribution in [-0.4, -0.2) is 17.9 Å². The molecule has 0 spiro atoms. The summed E-state index contributed by atoms with van der Waals surface area (Å²) in [5.41, 5.74) is 0.694. The Balaban J connectivity index is 1.68. The highest BCUT2D eigenvalue weighted by molar-refractivity contribution is 5.91. The standard InChI is InChI=1S/C18H27NO/c1-17-8-5-13(20)11-12(17)3-4-14-15(17)6-9-18(2)16(14)7-10-19-18/h5,8,12,14-16,19H,3-4,6-7,9-11H2,1-2H3/t12?,14-,15-,16+,17+,18+/m1/s1. The van der Waals surface area contributed by atoms with Crippen molar-refractivity contribution in [2.75, 3.05) is 6.54 Å². The Bertz CT molecular complexity index is 470. The zero-order valence-corrected chi connectivity index (χ0v) is 12.8. The molecule has 1 unspecified atom stereocenters. The maximum Gasteiger partial charge on any atom is 0.155 e. The third-order valence-corrected chi connectivity index (χ3v) is 7.41. The number of nitrogens with one attached hydrogen (secondary N) is 1. The number of fused-ring (bicyclic) bond motifs is 5. The molecule has 1 N–H and O–H groups in total. The summed E-state index contributed by atoms with van der Waals surface area (Å²) in [5.74, 6) is 3.52. The Labute approximate surface area is 122 Å². The lowest BCUT2D eigenvalue weighted by atomic mass is 9.47. The number of carbonyl (C=O) groups is 1. The van der Waals surface area contributed by atoms with Crippen LogP contribution < -0.4 is 5.32 Å². The van der Waals surface area contributed by atoms with E-state index < -0.39 is 0 Å². The first-order valence-corrected chi connectivity index (χ1v) is 8.50. The van der Waals surface area contributed by atoms with Crippen LogP contribution in [0.5, 0.6) is 0 Å². The molecule has 2 saturated carbocycles. The third-order valence-electron chi connectivity index (χ3n) is 7.41. The van der Waals surface area contributed by atoms with Gasteiger partial charge in [0.2, 0.25) is 0 Å². The van der Waals surface area contributed by atoms with Gasteiger partial charge in [-0.1, -0.05) is 13.0 Å². The molecule has 1 saturated heterocycles. The second-order valence-electron chi connectivity index (χ2n) is 8.19. The molecule has 4 rings (SSSR count). The fourth-order valence-corrected chi connectivity index (χ4v) is 6.22. The molecule has 0 aromatic heterocycles. The molecule has 20 heavy (non-hydrogen) atoms. The fraction of sp³-hybridized carbons (Fsp3) is 0.833. The Morgan fingerprint density at radius 2 is 2.00 bits per heavy atom. The van der Waals surface area contributed by atoms with Crippen molar-refractivity contribution in [2.45, 2.75) is 57.9 Å². The van der Waals surface area contributed by atoms with Gasteiger partial charge in [0.05, 0.1) is 0 Å². The molecule has 3 aliphatic carbocycles. The van der Waals surface area contributed by atoms with Crippen LogP contribution in [0.2, 0.25) is 0 Å². The van der Waals surface area contributed by atoms with E-state index in [-0.39, 0.29) is 0 Å². The summed E-state index contributed by atoms with van der Waals surface area (Å²) in [6, 6.07) is 0. The van der Waals surface area contributed by atoms with Crippen LogP contribution in [-0.2, 0) is 4.79 Å². The first-order valence-electron chi connectivity index (χ1n) is 8.50. The minimum atomic E-state index is 0.292. The summed E-state index contributed by atoms with van der Waals surface area (Å²) in [5, 5.41) is 3.79. The van der Waals surface area contributed by atoms with Crippen molar-refractivity contribution in [3.8, 4) is 0 Å². The van der Waals surface area contributed by atoms with Gasteiger partial charge >= 0.3 is 0 Å². The molecular formula is C18H27NO. The Morgan fingerprint density at radius 3 is 2.85 bits per heavy atom. The van der Waals surface area contributed by atoms with Crippen molar-refractivity contribution in [3.63, 3.8) is 0 Å². The second kappa shape index (κ2) is 4.19. The molecule has 2 nitrogen and oxygen atoms in total. The van der Waals surface area contributed by atoms with E-state index in [9.17, 15) is 4.79 Å². The summed E-state index contributed by atoms with van der Waals surface area (Å²) in [6.45, 7) is 6.11. The van der Waals surface area contributed by atoms with Crippen LogP contribution in [0.4, 0.5) is 0 Å². The lowest BCUT2D eigenvalue weighted by Gasteiger charge is -2.58. The molecule has 3 fully saturated rings.